The van der Waals surface area contributed by atoms with Gasteiger partial charge in [0.05, 0.1) is 11.1 Å². The van der Waals surface area contributed by atoms with Crippen LogP contribution < -0.4 is 16.1 Å². The third kappa shape index (κ3) is 5.02. The number of benzene rings is 2. The number of nitrogens with one attached hydrogen (secondary N) is 3. The third-order valence-corrected chi connectivity index (χ3v) is 4.23. The normalized spacial score (nSPS) is 10.8. The molecule has 0 atom stereocenters. The Balaban J connectivity index is 1.44. The average molecular weight is 430 g/mol. The molecule has 0 aliphatic heterocycles. The van der Waals surface area contributed by atoms with Crippen molar-refractivity contribution < 1.29 is 9.34 Å². The lowest BCUT2D eigenvalue weighted by atomic mass is 10.1. The number of nitro benzene ring substituents is 1. The summed E-state index contributed by atoms with van der Waals surface area (Å²) in [5.41, 5.74) is 4.33. The number of nitrogens with zero attached hydrogens (tertiary/aromatic N) is 5. The van der Waals surface area contributed by atoms with Gasteiger partial charge in [0.2, 0.25) is 17.8 Å². The van der Waals surface area contributed by atoms with Crippen molar-refractivity contribution in [1.29, 1.82) is 0 Å². The number of nitro groups is 1. The van der Waals surface area contributed by atoms with Gasteiger partial charge in [-0.1, -0.05) is 18.2 Å². The lowest BCUT2D eigenvalue weighted by Gasteiger charge is -2.08. The molecule has 0 saturated heterocycles. The van der Waals surface area contributed by atoms with Crippen LogP contribution in [0.25, 0.3) is 11.3 Å². The van der Waals surface area contributed by atoms with E-state index in [2.05, 4.69) is 36.1 Å². The van der Waals surface area contributed by atoms with Crippen LogP contribution in [0, 0.1) is 10.1 Å². The Hall–Kier alpha value is -4.80. The van der Waals surface area contributed by atoms with Gasteiger partial charge in [0.25, 0.3) is 5.69 Å². The van der Waals surface area contributed by atoms with Crippen molar-refractivity contribution in [3.8, 4) is 11.3 Å². The highest BCUT2D eigenvalue weighted by Gasteiger charge is 2.08. The van der Waals surface area contributed by atoms with Gasteiger partial charge in [-0.3, -0.25) is 10.1 Å². The molecule has 0 aliphatic carbocycles. The quantitative estimate of drug-likeness (QED) is 0.212. The Bertz CT molecular complexity index is 1240. The summed E-state index contributed by atoms with van der Waals surface area (Å²) in [5, 5.41) is 20.9. The molecule has 0 fully saturated rings. The molecule has 0 unspecified atom stereocenters. The number of furan rings is 1. The van der Waals surface area contributed by atoms with Crippen LogP contribution in [0.3, 0.4) is 0 Å². The second-order valence-corrected chi connectivity index (χ2v) is 6.42. The van der Waals surface area contributed by atoms with Crippen molar-refractivity contribution in [3.63, 3.8) is 0 Å². The monoisotopic (exact) mass is 430 g/mol. The molecule has 4 rings (SSSR count). The maximum atomic E-state index is 10.8. The van der Waals surface area contributed by atoms with Crippen LogP contribution in [0.5, 0.6) is 0 Å². The van der Waals surface area contributed by atoms with Gasteiger partial charge in [-0.15, -0.1) is 0 Å². The smallest absolute Gasteiger partial charge is 0.269 e. The maximum Gasteiger partial charge on any atom is 0.269 e. The summed E-state index contributed by atoms with van der Waals surface area (Å²) in [4.78, 5) is 23.1. The molecular formula is C21H18N8O3. The average Bonchev–Trinajstić information content (AvgIpc) is 3.28. The molecule has 0 radical (unpaired) electrons. The molecule has 2 heterocycles. The summed E-state index contributed by atoms with van der Waals surface area (Å²) >= 11 is 0. The summed E-state index contributed by atoms with van der Waals surface area (Å²) in [6.45, 7) is 0. The number of hydrogen-bond donors (Lipinski definition) is 3. The van der Waals surface area contributed by atoms with E-state index in [4.69, 9.17) is 4.42 Å². The van der Waals surface area contributed by atoms with E-state index in [1.54, 1.807) is 31.3 Å². The Morgan fingerprint density at radius 3 is 2.38 bits per heavy atom. The molecule has 0 amide bonds. The van der Waals surface area contributed by atoms with Gasteiger partial charge < -0.3 is 15.1 Å². The number of non-ortho nitro benzene ring substituents is 1. The van der Waals surface area contributed by atoms with Gasteiger partial charge in [0.1, 0.15) is 11.5 Å². The molecule has 0 bridgehead atoms. The Morgan fingerprint density at radius 2 is 1.66 bits per heavy atom. The Kier molecular flexibility index (Phi) is 5.98. The van der Waals surface area contributed by atoms with Crippen molar-refractivity contribution in [2.75, 3.05) is 23.1 Å². The van der Waals surface area contributed by atoms with E-state index in [1.165, 1.54) is 18.3 Å². The SMILES string of the molecule is CNc1nc(N/N=C/c2ccc(-c3ccc([N+](=O)[O-])cc3)o2)nc(Nc2ccccc2)n1. The van der Waals surface area contributed by atoms with E-state index in [0.717, 1.165) is 11.3 Å². The fourth-order valence-electron chi connectivity index (χ4n) is 2.72. The van der Waals surface area contributed by atoms with Crippen LogP contribution in [0.2, 0.25) is 0 Å². The molecule has 11 nitrogen and oxygen atoms in total. The molecule has 4 aromatic rings. The van der Waals surface area contributed by atoms with Crippen molar-refractivity contribution in [3.05, 3.63) is 82.6 Å². The second kappa shape index (κ2) is 9.34. The molecular weight excluding hydrogens is 412 g/mol. The standard InChI is InChI=1S/C21H18N8O3/c1-22-19-25-20(24-15-5-3-2-4-6-15)27-21(26-19)28-23-13-17-11-12-18(32-17)14-7-9-16(10-8-14)29(30)31/h2-13H,1H3,(H3,22,24,25,26,27,28)/b23-13+. The Labute approximate surface area is 182 Å². The van der Waals surface area contributed by atoms with Gasteiger partial charge in [0, 0.05) is 30.4 Å². The topological polar surface area (TPSA) is 143 Å². The van der Waals surface area contributed by atoms with E-state index in [0.29, 0.717) is 23.4 Å². The first-order valence-electron chi connectivity index (χ1n) is 9.50. The fraction of sp³-hybridized carbons (Fsp3) is 0.0476. The van der Waals surface area contributed by atoms with E-state index >= 15 is 0 Å². The van der Waals surface area contributed by atoms with E-state index in [9.17, 15) is 10.1 Å². The van der Waals surface area contributed by atoms with Gasteiger partial charge in [-0.05, 0) is 36.4 Å². The summed E-state index contributed by atoms with van der Waals surface area (Å²) in [6, 6.07) is 19.1. The molecule has 11 heteroatoms. The first-order valence-corrected chi connectivity index (χ1v) is 9.50. The third-order valence-electron chi connectivity index (χ3n) is 4.23. The predicted octanol–water partition coefficient (Wildman–Crippen LogP) is 4.27. The predicted molar refractivity (Wildman–Crippen MR) is 121 cm³/mol. The van der Waals surface area contributed by atoms with E-state index in [1.807, 2.05) is 30.3 Å². The molecule has 0 spiro atoms. The molecule has 3 N–H and O–H groups in total. The van der Waals surface area contributed by atoms with E-state index in [-0.39, 0.29) is 11.6 Å². The Morgan fingerprint density at radius 1 is 0.938 bits per heavy atom. The largest absolute Gasteiger partial charge is 0.455 e. The highest BCUT2D eigenvalue weighted by molar-refractivity contribution is 5.78. The van der Waals surface area contributed by atoms with Crippen LogP contribution >= 0.6 is 0 Å². The first-order chi connectivity index (χ1) is 15.6. The van der Waals surface area contributed by atoms with Crippen LogP contribution in [0.4, 0.5) is 29.2 Å². The second-order valence-electron chi connectivity index (χ2n) is 6.42. The minimum atomic E-state index is -0.447. The van der Waals surface area contributed by atoms with Crippen molar-refractivity contribution >= 4 is 35.4 Å². The first kappa shape index (κ1) is 20.5. The fourth-order valence-corrected chi connectivity index (χ4v) is 2.72. The molecule has 32 heavy (non-hydrogen) atoms. The zero-order chi connectivity index (χ0) is 22.3. The minimum absolute atomic E-state index is 0.0192. The number of hydrogen-bond acceptors (Lipinski definition) is 10. The summed E-state index contributed by atoms with van der Waals surface area (Å²) in [6.07, 6.45) is 1.47. The van der Waals surface area contributed by atoms with E-state index < -0.39 is 4.92 Å². The number of anilines is 4. The number of hydrazone groups is 1. The number of aromatic nitrogens is 3. The lowest BCUT2D eigenvalue weighted by molar-refractivity contribution is -0.384. The number of rotatable bonds is 8. The summed E-state index contributed by atoms with van der Waals surface area (Å²) < 4.78 is 5.72. The molecule has 2 aromatic heterocycles. The summed E-state index contributed by atoms with van der Waals surface area (Å²) in [5.74, 6) is 2.01. The van der Waals surface area contributed by atoms with Gasteiger partial charge in [-0.25, -0.2) is 5.43 Å². The molecule has 0 saturated carbocycles. The molecule has 160 valence electrons. The number of para-hydroxylation sites is 1. The van der Waals surface area contributed by atoms with Gasteiger partial charge >= 0.3 is 0 Å². The molecule has 2 aromatic carbocycles. The maximum absolute atomic E-state index is 10.8. The zero-order valence-electron chi connectivity index (χ0n) is 16.9. The zero-order valence-corrected chi connectivity index (χ0v) is 16.9. The highest BCUT2D eigenvalue weighted by Crippen LogP contribution is 2.24. The van der Waals surface area contributed by atoms with Crippen molar-refractivity contribution in [2.45, 2.75) is 0 Å². The minimum Gasteiger partial charge on any atom is -0.455 e. The van der Waals surface area contributed by atoms with Crippen molar-refractivity contribution in [2.24, 2.45) is 5.10 Å². The lowest BCUT2D eigenvalue weighted by Crippen LogP contribution is -2.07. The van der Waals surface area contributed by atoms with Crippen LogP contribution in [0.1, 0.15) is 5.76 Å². The van der Waals surface area contributed by atoms with Crippen LogP contribution in [-0.4, -0.2) is 33.1 Å². The summed E-state index contributed by atoms with van der Waals surface area (Å²) in [7, 11) is 1.71. The highest BCUT2D eigenvalue weighted by atomic mass is 16.6. The van der Waals surface area contributed by atoms with Crippen LogP contribution in [0.15, 0.2) is 76.2 Å². The van der Waals surface area contributed by atoms with Crippen LogP contribution in [-0.2, 0) is 0 Å². The van der Waals surface area contributed by atoms with Gasteiger partial charge in [0.15, 0.2) is 0 Å². The van der Waals surface area contributed by atoms with Crippen molar-refractivity contribution in [1.82, 2.24) is 15.0 Å². The molecule has 0 aliphatic rings. The van der Waals surface area contributed by atoms with Gasteiger partial charge in [-0.2, -0.15) is 20.1 Å².